The van der Waals surface area contributed by atoms with Crippen LogP contribution in [0.15, 0.2) is 33.4 Å². The van der Waals surface area contributed by atoms with Gasteiger partial charge in [-0.2, -0.15) is 10.1 Å². The molecule has 3 rings (SSSR count). The Hall–Kier alpha value is -1.37. The zero-order chi connectivity index (χ0) is 15.7. The number of rotatable bonds is 4. The SMILES string of the molecule is Cc1nn(CCc2nc(-c3ccc(Cl)cc3Cl)no2)cc1Br. The molecule has 0 saturated heterocycles. The van der Waals surface area contributed by atoms with Crippen LogP contribution in [-0.2, 0) is 13.0 Å². The Labute approximate surface area is 145 Å². The van der Waals surface area contributed by atoms with Gasteiger partial charge in [-0.05, 0) is 41.1 Å². The molecule has 0 saturated carbocycles. The van der Waals surface area contributed by atoms with Crippen molar-refractivity contribution in [1.29, 1.82) is 0 Å². The molecule has 1 aromatic carbocycles. The van der Waals surface area contributed by atoms with Gasteiger partial charge in [0.1, 0.15) is 0 Å². The van der Waals surface area contributed by atoms with Gasteiger partial charge < -0.3 is 4.52 Å². The number of aromatic nitrogens is 4. The highest BCUT2D eigenvalue weighted by Crippen LogP contribution is 2.28. The highest BCUT2D eigenvalue weighted by molar-refractivity contribution is 9.10. The van der Waals surface area contributed by atoms with Crippen LogP contribution in [-0.4, -0.2) is 19.9 Å². The summed E-state index contributed by atoms with van der Waals surface area (Å²) in [7, 11) is 0. The lowest BCUT2D eigenvalue weighted by atomic mass is 10.2. The Morgan fingerprint density at radius 1 is 1.32 bits per heavy atom. The van der Waals surface area contributed by atoms with Crippen molar-refractivity contribution in [2.24, 2.45) is 0 Å². The van der Waals surface area contributed by atoms with Gasteiger partial charge in [-0.25, -0.2) is 0 Å². The lowest BCUT2D eigenvalue weighted by molar-refractivity contribution is 0.369. The van der Waals surface area contributed by atoms with Crippen molar-refractivity contribution >= 4 is 39.1 Å². The molecule has 0 atom stereocenters. The third-order valence-corrected chi connectivity index (χ3v) is 4.41. The lowest BCUT2D eigenvalue weighted by Gasteiger charge is -1.98. The van der Waals surface area contributed by atoms with Gasteiger partial charge in [0, 0.05) is 29.7 Å². The minimum absolute atomic E-state index is 0.453. The van der Waals surface area contributed by atoms with Crippen LogP contribution >= 0.6 is 39.1 Å². The molecule has 0 spiro atoms. The van der Waals surface area contributed by atoms with E-state index in [9.17, 15) is 0 Å². The highest BCUT2D eigenvalue weighted by atomic mass is 79.9. The average molecular weight is 402 g/mol. The van der Waals surface area contributed by atoms with Crippen LogP contribution < -0.4 is 0 Å². The first kappa shape index (κ1) is 15.5. The highest BCUT2D eigenvalue weighted by Gasteiger charge is 2.12. The van der Waals surface area contributed by atoms with Crippen LogP contribution in [0.5, 0.6) is 0 Å². The molecule has 0 aliphatic carbocycles. The summed E-state index contributed by atoms with van der Waals surface area (Å²) in [6, 6.07) is 5.16. The summed E-state index contributed by atoms with van der Waals surface area (Å²) >= 11 is 15.5. The lowest BCUT2D eigenvalue weighted by Crippen LogP contribution is -2.02. The largest absolute Gasteiger partial charge is 0.339 e. The maximum Gasteiger partial charge on any atom is 0.228 e. The molecule has 3 aromatic rings. The van der Waals surface area contributed by atoms with Crippen LogP contribution in [0.2, 0.25) is 10.0 Å². The van der Waals surface area contributed by atoms with Gasteiger partial charge in [0.2, 0.25) is 11.7 Å². The molecule has 0 fully saturated rings. The summed E-state index contributed by atoms with van der Waals surface area (Å²) in [5.74, 6) is 0.986. The Morgan fingerprint density at radius 3 is 2.82 bits per heavy atom. The quantitative estimate of drug-likeness (QED) is 0.643. The number of halogens is 3. The predicted octanol–water partition coefficient (Wildman–Crippen LogP) is 4.55. The number of hydrogen-bond acceptors (Lipinski definition) is 4. The molecule has 22 heavy (non-hydrogen) atoms. The first-order chi connectivity index (χ1) is 10.5. The number of hydrogen-bond donors (Lipinski definition) is 0. The maximum atomic E-state index is 6.14. The summed E-state index contributed by atoms with van der Waals surface area (Å²) < 4.78 is 8.07. The van der Waals surface area contributed by atoms with Crippen molar-refractivity contribution in [2.45, 2.75) is 19.9 Å². The first-order valence-corrected chi connectivity index (χ1v) is 8.05. The predicted molar refractivity (Wildman–Crippen MR) is 88.1 cm³/mol. The molecule has 0 N–H and O–H groups in total. The van der Waals surface area contributed by atoms with E-state index in [0.717, 1.165) is 10.2 Å². The summed E-state index contributed by atoms with van der Waals surface area (Å²) in [6.07, 6.45) is 2.51. The van der Waals surface area contributed by atoms with E-state index >= 15 is 0 Å². The van der Waals surface area contributed by atoms with Crippen LogP contribution in [0.4, 0.5) is 0 Å². The molecule has 0 bridgehead atoms. The van der Waals surface area contributed by atoms with Gasteiger partial charge >= 0.3 is 0 Å². The fourth-order valence-electron chi connectivity index (χ4n) is 1.95. The summed E-state index contributed by atoms with van der Waals surface area (Å²) in [5, 5.41) is 9.38. The second-order valence-corrected chi connectivity index (χ2v) is 6.41. The van der Waals surface area contributed by atoms with Gasteiger partial charge in [0.05, 0.1) is 15.2 Å². The van der Waals surface area contributed by atoms with Crippen molar-refractivity contribution in [1.82, 2.24) is 19.9 Å². The number of benzene rings is 1. The molecule has 2 aromatic heterocycles. The molecule has 114 valence electrons. The third kappa shape index (κ3) is 3.34. The Balaban J connectivity index is 1.73. The first-order valence-electron chi connectivity index (χ1n) is 6.50. The fraction of sp³-hybridized carbons (Fsp3) is 0.214. The maximum absolute atomic E-state index is 6.14. The second kappa shape index (κ2) is 6.40. The van der Waals surface area contributed by atoms with Crippen molar-refractivity contribution in [3.8, 4) is 11.4 Å². The van der Waals surface area contributed by atoms with E-state index in [1.165, 1.54) is 0 Å². The summed E-state index contributed by atoms with van der Waals surface area (Å²) in [4.78, 5) is 4.36. The van der Waals surface area contributed by atoms with Crippen LogP contribution in [0.1, 0.15) is 11.6 Å². The number of nitrogens with zero attached hydrogens (tertiary/aromatic N) is 4. The van der Waals surface area contributed by atoms with Gasteiger partial charge in [-0.15, -0.1) is 0 Å². The Bertz CT molecular complexity index is 796. The minimum Gasteiger partial charge on any atom is -0.339 e. The zero-order valence-corrected chi connectivity index (χ0v) is 14.7. The Morgan fingerprint density at radius 2 is 2.14 bits per heavy atom. The van der Waals surface area contributed by atoms with Gasteiger partial charge in [0.15, 0.2) is 0 Å². The fourth-order valence-corrected chi connectivity index (χ4v) is 2.76. The average Bonchev–Trinajstić information content (AvgIpc) is 3.04. The smallest absolute Gasteiger partial charge is 0.228 e. The second-order valence-electron chi connectivity index (χ2n) is 4.71. The topological polar surface area (TPSA) is 56.7 Å². The monoisotopic (exact) mass is 400 g/mol. The van der Waals surface area contributed by atoms with Gasteiger partial charge in [-0.1, -0.05) is 28.4 Å². The van der Waals surface area contributed by atoms with Gasteiger partial charge in [-0.3, -0.25) is 4.68 Å². The summed E-state index contributed by atoms with van der Waals surface area (Å²) in [6.45, 7) is 2.59. The molecule has 5 nitrogen and oxygen atoms in total. The van der Waals surface area contributed by atoms with E-state index in [1.54, 1.807) is 18.2 Å². The molecule has 0 aliphatic rings. The van der Waals surface area contributed by atoms with Crippen molar-refractivity contribution < 1.29 is 4.52 Å². The molecule has 0 aliphatic heterocycles. The van der Waals surface area contributed by atoms with Crippen molar-refractivity contribution in [3.05, 3.63) is 50.5 Å². The van der Waals surface area contributed by atoms with Crippen molar-refractivity contribution in [2.75, 3.05) is 0 Å². The normalized spacial score (nSPS) is 11.1. The zero-order valence-electron chi connectivity index (χ0n) is 11.6. The van der Waals surface area contributed by atoms with E-state index in [0.29, 0.717) is 40.3 Å². The third-order valence-electron chi connectivity index (χ3n) is 3.08. The molecule has 2 heterocycles. The molecular weight excluding hydrogens is 391 g/mol. The van der Waals surface area contributed by atoms with Crippen LogP contribution in [0.3, 0.4) is 0 Å². The molecule has 0 radical (unpaired) electrons. The van der Waals surface area contributed by atoms with Crippen molar-refractivity contribution in [3.63, 3.8) is 0 Å². The van der Waals surface area contributed by atoms with Gasteiger partial charge in [0.25, 0.3) is 0 Å². The molecule has 0 amide bonds. The molecular formula is C14H11BrCl2N4O. The van der Waals surface area contributed by atoms with E-state index in [-0.39, 0.29) is 0 Å². The van der Waals surface area contributed by atoms with E-state index in [2.05, 4.69) is 31.2 Å². The van der Waals surface area contributed by atoms with E-state index in [4.69, 9.17) is 27.7 Å². The van der Waals surface area contributed by atoms with E-state index < -0.39 is 0 Å². The van der Waals surface area contributed by atoms with Crippen LogP contribution in [0.25, 0.3) is 11.4 Å². The van der Waals surface area contributed by atoms with Crippen LogP contribution in [0, 0.1) is 6.92 Å². The summed E-state index contributed by atoms with van der Waals surface area (Å²) in [5.41, 5.74) is 1.64. The standard InChI is InChI=1S/C14H11BrCl2N4O/c1-8-11(15)7-21(19-8)5-4-13-18-14(20-22-13)10-3-2-9(16)6-12(10)17/h2-3,6-7H,4-5H2,1H3. The molecule has 8 heteroatoms. The van der Waals surface area contributed by atoms with E-state index in [1.807, 2.05) is 17.8 Å². The number of aryl methyl sites for hydroxylation is 3. The molecule has 0 unspecified atom stereocenters. The Kier molecular flexibility index (Phi) is 4.52. The minimum atomic E-state index is 0.453.